The Hall–Kier alpha value is -2.86. The summed E-state index contributed by atoms with van der Waals surface area (Å²) >= 11 is 0. The molecular formula is C46H80CrN3O5+. The molecule has 2 unspecified atom stereocenters. The smallest absolute Gasteiger partial charge is 0.503 e. The van der Waals surface area contributed by atoms with Gasteiger partial charge >= 0.3 is 6.16 Å². The van der Waals surface area contributed by atoms with Gasteiger partial charge in [-0.2, -0.15) is 0 Å². The second kappa shape index (κ2) is 22.2. The largest absolute Gasteiger partial charge is 0.507 e. The second-order valence-corrected chi connectivity index (χ2v) is 19.9. The van der Waals surface area contributed by atoms with E-state index >= 15 is 0 Å². The summed E-state index contributed by atoms with van der Waals surface area (Å²) < 4.78 is 0.939. The Kier molecular flexibility index (Phi) is 21.9. The van der Waals surface area contributed by atoms with Gasteiger partial charge in [-0.1, -0.05) is 129 Å². The number of nitrogens with zero attached hydrogens (tertiary/aromatic N) is 3. The topological polar surface area (TPSA) is 123 Å². The van der Waals surface area contributed by atoms with Gasteiger partial charge in [0.05, 0.1) is 39.8 Å². The summed E-state index contributed by atoms with van der Waals surface area (Å²) in [5.41, 5.74) is 5.28. The van der Waals surface area contributed by atoms with Crippen molar-refractivity contribution < 1.29 is 47.1 Å². The van der Waals surface area contributed by atoms with Crippen molar-refractivity contribution in [3.05, 3.63) is 57.6 Å². The van der Waals surface area contributed by atoms with Crippen LogP contribution in [0.2, 0.25) is 0 Å². The maximum atomic E-state index is 11.6. The van der Waals surface area contributed by atoms with E-state index in [2.05, 4.69) is 135 Å². The van der Waals surface area contributed by atoms with E-state index in [0.717, 1.165) is 78.2 Å². The second-order valence-electron chi connectivity index (χ2n) is 19.9. The van der Waals surface area contributed by atoms with Gasteiger partial charge in [-0.3, -0.25) is 9.98 Å². The molecule has 55 heavy (non-hydrogen) atoms. The van der Waals surface area contributed by atoms with Crippen LogP contribution >= 0.6 is 0 Å². The predicted molar refractivity (Wildman–Crippen MR) is 232 cm³/mol. The van der Waals surface area contributed by atoms with Crippen LogP contribution in [0.1, 0.15) is 176 Å². The maximum absolute atomic E-state index is 11.6. The standard InChI is InChI=1S/C44H73N3O2.CH2O3.CH4.Cr/c1-17-18-19-22-37(45-29-31-25-33(41(2,3)4)27-35(39(31)48)43(8,9)10)38(23-20-21-24-47(14,15)16)46-30-32-26-34(42(5,6)7)28-36(40(32)49)44(11,12)13;2-1(3)4;;/h25-30,37-38H,17-24H2,1-16H3,(H-,45,46,48,49);(H2,2,3,4);1H4;/p+1. The van der Waals surface area contributed by atoms with Crippen molar-refractivity contribution in [2.75, 3.05) is 27.7 Å². The first-order chi connectivity index (χ1) is 24.0. The summed E-state index contributed by atoms with van der Waals surface area (Å²) in [6.45, 7) is 29.6. The van der Waals surface area contributed by atoms with E-state index in [0.29, 0.717) is 11.5 Å². The van der Waals surface area contributed by atoms with Gasteiger partial charge in [0, 0.05) is 52.0 Å². The Morgan fingerprint density at radius 1 is 0.636 bits per heavy atom. The van der Waals surface area contributed by atoms with Gasteiger partial charge in [-0.25, -0.2) is 4.79 Å². The minimum absolute atomic E-state index is 0. The minimum Gasteiger partial charge on any atom is -0.507 e. The number of benzene rings is 2. The van der Waals surface area contributed by atoms with Crippen LogP contribution in [0.15, 0.2) is 34.3 Å². The van der Waals surface area contributed by atoms with Gasteiger partial charge in [0.15, 0.2) is 0 Å². The molecule has 0 bridgehead atoms. The molecule has 0 aliphatic rings. The molecule has 0 heterocycles. The van der Waals surface area contributed by atoms with Crippen LogP contribution in [-0.2, 0) is 39.0 Å². The molecule has 0 fully saturated rings. The Labute approximate surface area is 347 Å². The van der Waals surface area contributed by atoms with Gasteiger partial charge in [0.25, 0.3) is 0 Å². The molecule has 2 aromatic carbocycles. The fourth-order valence-electron chi connectivity index (χ4n) is 6.15. The molecule has 0 amide bonds. The fraction of sp³-hybridized carbons (Fsp3) is 0.674. The number of aliphatic imine (C=N–C) groups is 2. The monoisotopic (exact) mass is 807 g/mol. The van der Waals surface area contributed by atoms with Crippen LogP contribution in [0.4, 0.5) is 4.79 Å². The zero-order valence-corrected chi connectivity index (χ0v) is 38.0. The Morgan fingerprint density at radius 3 is 1.24 bits per heavy atom. The molecular weight excluding hydrogens is 727 g/mol. The van der Waals surface area contributed by atoms with Gasteiger partial charge < -0.3 is 24.9 Å². The van der Waals surface area contributed by atoms with E-state index in [4.69, 9.17) is 25.0 Å². The third-order valence-corrected chi connectivity index (χ3v) is 9.56. The van der Waals surface area contributed by atoms with Gasteiger partial charge in [0.1, 0.15) is 11.5 Å². The molecule has 0 aromatic heterocycles. The summed E-state index contributed by atoms with van der Waals surface area (Å²) in [6.07, 6.45) is 9.37. The van der Waals surface area contributed by atoms with Crippen molar-refractivity contribution >= 4 is 18.6 Å². The Balaban J connectivity index is 0. The first-order valence-corrected chi connectivity index (χ1v) is 19.5. The molecule has 0 aliphatic heterocycles. The number of carboxylic acid groups (broad SMARTS) is 2. The Morgan fingerprint density at radius 2 is 0.964 bits per heavy atom. The first kappa shape index (κ1) is 54.2. The quantitative estimate of drug-likeness (QED) is 0.0860. The SMILES string of the molecule is C.CCCCCC(N=Cc1cc(C(C)(C)C)cc(C(C)(C)C)c1O)C(CCCC[N+](C)(C)C)N=Cc1cc(C(C)(C)C)cc(C(C)(C)C)c1O.O=C(O)O.[Cr]. The molecule has 0 spiro atoms. The van der Waals surface area contributed by atoms with Gasteiger partial charge in [0.2, 0.25) is 0 Å². The molecule has 4 N–H and O–H groups in total. The van der Waals surface area contributed by atoms with Crippen LogP contribution in [0, 0.1) is 0 Å². The maximum Gasteiger partial charge on any atom is 0.503 e. The molecule has 0 radical (unpaired) electrons. The molecule has 8 nitrogen and oxygen atoms in total. The molecule has 0 saturated carbocycles. The van der Waals surface area contributed by atoms with Crippen LogP contribution in [0.5, 0.6) is 11.5 Å². The van der Waals surface area contributed by atoms with Crippen molar-refractivity contribution in [1.82, 2.24) is 0 Å². The normalized spacial score (nSPS) is 13.8. The zero-order valence-electron chi connectivity index (χ0n) is 36.7. The summed E-state index contributed by atoms with van der Waals surface area (Å²) in [6, 6.07) is 8.46. The molecule has 0 aliphatic carbocycles. The number of phenolic OH excluding ortho intramolecular Hbond substituents is 2. The Bertz CT molecular complexity index is 1530. The molecule has 314 valence electrons. The van der Waals surface area contributed by atoms with Crippen molar-refractivity contribution in [3.8, 4) is 11.5 Å². The molecule has 0 saturated heterocycles. The van der Waals surface area contributed by atoms with Crippen molar-refractivity contribution in [1.29, 1.82) is 0 Å². The summed E-state index contributed by atoms with van der Waals surface area (Å²) in [4.78, 5) is 19.1. The fourth-order valence-corrected chi connectivity index (χ4v) is 6.15. The number of hydrogen-bond acceptors (Lipinski definition) is 5. The van der Waals surface area contributed by atoms with Gasteiger partial charge in [-0.05, 0) is 70.6 Å². The van der Waals surface area contributed by atoms with E-state index in [1.54, 1.807) is 0 Å². The third kappa shape index (κ3) is 19.2. The number of unbranched alkanes of at least 4 members (excludes halogenated alkanes) is 3. The molecule has 9 heteroatoms. The van der Waals surface area contributed by atoms with Crippen molar-refractivity contribution in [3.63, 3.8) is 0 Å². The summed E-state index contributed by atoms with van der Waals surface area (Å²) in [7, 11) is 6.74. The predicted octanol–water partition coefficient (Wildman–Crippen LogP) is 11.9. The van der Waals surface area contributed by atoms with Crippen LogP contribution in [0.25, 0.3) is 0 Å². The molecule has 2 rings (SSSR count). The number of carbonyl (C=O) groups is 1. The third-order valence-electron chi connectivity index (χ3n) is 9.56. The van der Waals surface area contributed by atoms with E-state index in [1.807, 2.05) is 12.4 Å². The van der Waals surface area contributed by atoms with Gasteiger partial charge in [-0.15, -0.1) is 0 Å². The average molecular weight is 807 g/mol. The van der Waals surface area contributed by atoms with E-state index < -0.39 is 6.16 Å². The van der Waals surface area contributed by atoms with Crippen molar-refractivity contribution in [2.24, 2.45) is 9.98 Å². The number of rotatable bonds is 14. The van der Waals surface area contributed by atoms with Crippen molar-refractivity contribution in [2.45, 2.75) is 176 Å². The first-order valence-electron chi connectivity index (χ1n) is 19.5. The number of hydrogen-bond donors (Lipinski definition) is 4. The van der Waals surface area contributed by atoms with Crippen LogP contribution in [0.3, 0.4) is 0 Å². The summed E-state index contributed by atoms with van der Waals surface area (Å²) in [5, 5.41) is 37.0. The summed E-state index contributed by atoms with van der Waals surface area (Å²) in [5.74, 6) is 0.635. The number of aromatic hydroxyl groups is 2. The van der Waals surface area contributed by atoms with Crippen LogP contribution in [-0.4, -0.2) is 83.3 Å². The number of phenols is 2. The number of quaternary nitrogens is 1. The zero-order chi connectivity index (χ0) is 41.2. The molecule has 2 atom stereocenters. The minimum atomic E-state index is -1.83. The molecule has 2 aromatic rings. The van der Waals surface area contributed by atoms with E-state index in [-0.39, 0.29) is 58.5 Å². The van der Waals surface area contributed by atoms with Crippen LogP contribution < -0.4 is 0 Å². The van der Waals surface area contributed by atoms with E-state index in [9.17, 15) is 10.2 Å². The van der Waals surface area contributed by atoms with E-state index in [1.165, 1.54) is 11.1 Å². The average Bonchev–Trinajstić information content (AvgIpc) is 2.96.